The Hall–Kier alpha value is -2.66. The van der Waals surface area contributed by atoms with Crippen molar-refractivity contribution in [3.05, 3.63) is 33.2 Å². The first-order valence-electron chi connectivity index (χ1n) is 9.01. The molecule has 0 fully saturated rings. The van der Waals surface area contributed by atoms with E-state index in [2.05, 4.69) is 36.2 Å². The smallest absolute Gasteiger partial charge is 0.343 e. The Labute approximate surface area is 186 Å². The number of hydrogen-bond donors (Lipinski definition) is 1. The van der Waals surface area contributed by atoms with Crippen molar-refractivity contribution in [3.8, 4) is 11.5 Å². The van der Waals surface area contributed by atoms with Crippen molar-refractivity contribution < 1.29 is 28.5 Å². The van der Waals surface area contributed by atoms with Gasteiger partial charge in [0.15, 0.2) is 18.1 Å². The number of nitrogens with zero attached hydrogens (tertiary/aromatic N) is 2. The lowest BCUT2D eigenvalue weighted by Crippen LogP contribution is -2.13. The number of carbonyl (C=O) groups is 2. The molecule has 0 aliphatic carbocycles. The molecule has 1 N–H and O–H groups in total. The molecule has 9 nitrogen and oxygen atoms in total. The first kappa shape index (κ1) is 23.6. The second-order valence-electron chi connectivity index (χ2n) is 5.61. The number of thiazole rings is 1. The van der Waals surface area contributed by atoms with Gasteiger partial charge in [0, 0.05) is 15.4 Å². The lowest BCUT2D eigenvalue weighted by atomic mass is 10.2. The van der Waals surface area contributed by atoms with Crippen molar-refractivity contribution in [2.24, 2.45) is 5.10 Å². The zero-order chi connectivity index (χ0) is 21.9. The summed E-state index contributed by atoms with van der Waals surface area (Å²) < 4.78 is 21.2. The number of benzene rings is 1. The Morgan fingerprint density at radius 2 is 1.97 bits per heavy atom. The normalized spacial score (nSPS) is 10.7. The largest absolute Gasteiger partial charge is 0.490 e. The van der Waals surface area contributed by atoms with Gasteiger partial charge in [-0.15, -0.1) is 11.3 Å². The number of nitrogens with one attached hydrogen (secondary N) is 1. The molecule has 0 unspecified atom stereocenters. The lowest BCUT2D eigenvalue weighted by molar-refractivity contribution is -0.143. The molecule has 11 heteroatoms. The number of hydrogen-bond acceptors (Lipinski definition) is 10. The molecule has 0 radical (unpaired) electrons. The van der Waals surface area contributed by atoms with Crippen LogP contribution >= 0.6 is 27.3 Å². The van der Waals surface area contributed by atoms with E-state index in [0.29, 0.717) is 40.0 Å². The van der Waals surface area contributed by atoms with E-state index >= 15 is 0 Å². The zero-order valence-corrected chi connectivity index (χ0v) is 19.2. The number of anilines is 1. The number of aromatic nitrogens is 1. The first-order chi connectivity index (χ1) is 14.5. The molecule has 30 heavy (non-hydrogen) atoms. The summed E-state index contributed by atoms with van der Waals surface area (Å²) in [6.07, 6.45) is 1.70. The second-order valence-corrected chi connectivity index (χ2v) is 7.33. The maximum Gasteiger partial charge on any atom is 0.343 e. The van der Waals surface area contributed by atoms with Gasteiger partial charge in [0.2, 0.25) is 5.13 Å². The van der Waals surface area contributed by atoms with Gasteiger partial charge in [0.05, 0.1) is 38.7 Å². The van der Waals surface area contributed by atoms with Gasteiger partial charge in [0.25, 0.3) is 0 Å². The summed E-state index contributed by atoms with van der Waals surface area (Å²) >= 11 is 4.78. The molecule has 0 saturated carbocycles. The maximum absolute atomic E-state index is 11.5. The minimum absolute atomic E-state index is 0.117. The average molecular weight is 500 g/mol. The Kier molecular flexibility index (Phi) is 9.55. The molecule has 0 amide bonds. The Bertz CT molecular complexity index is 902. The number of hydrazone groups is 1. The van der Waals surface area contributed by atoms with Crippen LogP contribution in [0.15, 0.2) is 27.1 Å². The number of esters is 2. The molecular formula is C19H22BrN3O6S. The number of methoxy groups -OCH3 is 1. The van der Waals surface area contributed by atoms with Gasteiger partial charge in [-0.05, 0) is 41.9 Å². The van der Waals surface area contributed by atoms with Crippen LogP contribution in [0, 0.1) is 0 Å². The van der Waals surface area contributed by atoms with Crippen LogP contribution in [0.3, 0.4) is 0 Å². The van der Waals surface area contributed by atoms with Crippen LogP contribution in [0.25, 0.3) is 0 Å². The highest BCUT2D eigenvalue weighted by Crippen LogP contribution is 2.33. The maximum atomic E-state index is 11.5. The second kappa shape index (κ2) is 12.1. The Morgan fingerprint density at radius 1 is 1.20 bits per heavy atom. The predicted octanol–water partition coefficient (Wildman–Crippen LogP) is 3.41. The van der Waals surface area contributed by atoms with Crippen molar-refractivity contribution in [2.75, 3.05) is 32.4 Å². The van der Waals surface area contributed by atoms with Gasteiger partial charge in [-0.1, -0.05) is 0 Å². The molecule has 0 aliphatic heterocycles. The molecule has 2 rings (SSSR count). The summed E-state index contributed by atoms with van der Waals surface area (Å²) in [7, 11) is 1.29. The number of carbonyl (C=O) groups excluding carboxylic acids is 2. The fourth-order valence-corrected chi connectivity index (χ4v) is 3.27. The molecule has 0 atom stereocenters. The van der Waals surface area contributed by atoms with E-state index < -0.39 is 5.97 Å². The van der Waals surface area contributed by atoms with Crippen LogP contribution in [0.4, 0.5) is 5.13 Å². The van der Waals surface area contributed by atoms with Gasteiger partial charge in [-0.2, -0.15) is 5.10 Å². The number of halogens is 1. The predicted molar refractivity (Wildman–Crippen MR) is 116 cm³/mol. The summed E-state index contributed by atoms with van der Waals surface area (Å²) in [6.45, 7) is 4.14. The Morgan fingerprint density at radius 3 is 2.67 bits per heavy atom. The SMILES string of the molecule is CCOC(=O)Cc1csc(NN=Cc2cc(OCC)c(OCC(=O)OC)cc2Br)n1. The van der Waals surface area contributed by atoms with Crippen LogP contribution in [0.5, 0.6) is 11.5 Å². The highest BCUT2D eigenvalue weighted by Gasteiger charge is 2.12. The van der Waals surface area contributed by atoms with E-state index in [9.17, 15) is 9.59 Å². The molecule has 162 valence electrons. The minimum atomic E-state index is -0.491. The number of rotatable bonds is 11. The molecule has 1 heterocycles. The third-order valence-corrected chi connectivity index (χ3v) is 4.96. The van der Waals surface area contributed by atoms with Crippen molar-refractivity contribution >= 4 is 50.6 Å². The van der Waals surface area contributed by atoms with Crippen LogP contribution < -0.4 is 14.9 Å². The fourth-order valence-electron chi connectivity index (χ4n) is 2.18. The standard InChI is InChI=1S/C19H22BrN3O6S/c1-4-27-15-6-12(14(20)8-16(15)29-10-18(25)26-3)9-21-23-19-22-13(11-30-19)7-17(24)28-5-2/h6,8-9,11H,4-5,7,10H2,1-3H3,(H,22,23). The van der Waals surface area contributed by atoms with Gasteiger partial charge < -0.3 is 18.9 Å². The number of ether oxygens (including phenoxy) is 4. The van der Waals surface area contributed by atoms with Gasteiger partial charge in [0.1, 0.15) is 0 Å². The first-order valence-corrected chi connectivity index (χ1v) is 10.7. The highest BCUT2D eigenvalue weighted by molar-refractivity contribution is 9.10. The van der Waals surface area contributed by atoms with E-state index in [4.69, 9.17) is 14.2 Å². The van der Waals surface area contributed by atoms with E-state index in [1.54, 1.807) is 30.7 Å². The molecule has 0 saturated heterocycles. The molecule has 2 aromatic rings. The molecule has 0 aliphatic rings. The third kappa shape index (κ3) is 7.30. The third-order valence-electron chi connectivity index (χ3n) is 3.48. The van der Waals surface area contributed by atoms with E-state index in [0.717, 1.165) is 5.56 Å². The van der Waals surface area contributed by atoms with Crippen molar-refractivity contribution in [1.29, 1.82) is 0 Å². The average Bonchev–Trinajstić information content (AvgIpc) is 3.15. The fraction of sp³-hybridized carbons (Fsp3) is 0.368. The van der Waals surface area contributed by atoms with Crippen molar-refractivity contribution in [3.63, 3.8) is 0 Å². The molecule has 1 aromatic heterocycles. The minimum Gasteiger partial charge on any atom is -0.490 e. The summed E-state index contributed by atoms with van der Waals surface area (Å²) in [6, 6.07) is 3.43. The van der Waals surface area contributed by atoms with E-state index in [1.165, 1.54) is 18.4 Å². The quantitative estimate of drug-likeness (QED) is 0.284. The van der Waals surface area contributed by atoms with Crippen LogP contribution in [-0.2, 0) is 25.5 Å². The molecule has 1 aromatic carbocycles. The van der Waals surface area contributed by atoms with Crippen molar-refractivity contribution in [1.82, 2.24) is 4.98 Å². The van der Waals surface area contributed by atoms with Gasteiger partial charge in [-0.3, -0.25) is 10.2 Å². The van der Waals surface area contributed by atoms with Gasteiger partial charge >= 0.3 is 11.9 Å². The molecular weight excluding hydrogens is 478 g/mol. The molecule has 0 spiro atoms. The summed E-state index contributed by atoms with van der Waals surface area (Å²) in [5.74, 6) is 0.0636. The highest BCUT2D eigenvalue weighted by atomic mass is 79.9. The van der Waals surface area contributed by atoms with Crippen LogP contribution in [0.2, 0.25) is 0 Å². The van der Waals surface area contributed by atoms with Gasteiger partial charge in [-0.25, -0.2) is 9.78 Å². The van der Waals surface area contributed by atoms with Crippen LogP contribution in [-0.4, -0.2) is 50.1 Å². The summed E-state index contributed by atoms with van der Waals surface area (Å²) in [5.41, 5.74) is 4.17. The summed E-state index contributed by atoms with van der Waals surface area (Å²) in [4.78, 5) is 27.1. The monoisotopic (exact) mass is 499 g/mol. The van der Waals surface area contributed by atoms with Crippen molar-refractivity contribution in [2.45, 2.75) is 20.3 Å². The molecule has 0 bridgehead atoms. The van der Waals surface area contributed by atoms with E-state index in [-0.39, 0.29) is 19.0 Å². The zero-order valence-electron chi connectivity index (χ0n) is 16.8. The van der Waals surface area contributed by atoms with Crippen LogP contribution in [0.1, 0.15) is 25.1 Å². The van der Waals surface area contributed by atoms with E-state index in [1.807, 2.05) is 6.92 Å². The topological polar surface area (TPSA) is 108 Å². The Balaban J connectivity index is 2.05. The summed E-state index contributed by atoms with van der Waals surface area (Å²) in [5, 5.41) is 6.49. The lowest BCUT2D eigenvalue weighted by Gasteiger charge is -2.13.